The number of guanidine groups is 1. The lowest BCUT2D eigenvalue weighted by Gasteiger charge is -2.24. The first kappa shape index (κ1) is 32.1. The molecule has 0 bridgehead atoms. The third-order valence-electron chi connectivity index (χ3n) is 6.81. The molecule has 0 aliphatic carbocycles. The van der Waals surface area contributed by atoms with E-state index in [1.807, 2.05) is 42.5 Å². The van der Waals surface area contributed by atoms with Crippen molar-refractivity contribution >= 4 is 46.3 Å². The number of carboxylic acid groups (broad SMARTS) is 1. The Morgan fingerprint density at radius 3 is 2.09 bits per heavy atom. The van der Waals surface area contributed by atoms with E-state index in [-0.39, 0.29) is 31.2 Å². The van der Waals surface area contributed by atoms with Crippen molar-refractivity contribution in [3.8, 4) is 0 Å². The lowest BCUT2D eigenvalue weighted by atomic mass is 9.89. The summed E-state index contributed by atoms with van der Waals surface area (Å²) in [5.74, 6) is -4.65. The van der Waals surface area contributed by atoms with E-state index in [1.165, 1.54) is 0 Å². The fraction of sp³-hybridized carbons (Fsp3) is 0.267. The molecule has 0 saturated carbocycles. The molecule has 3 amide bonds. The van der Waals surface area contributed by atoms with Crippen LogP contribution in [0.15, 0.2) is 71.7 Å². The van der Waals surface area contributed by atoms with E-state index in [0.29, 0.717) is 17.5 Å². The van der Waals surface area contributed by atoms with Crippen molar-refractivity contribution in [3.63, 3.8) is 0 Å². The van der Waals surface area contributed by atoms with E-state index in [4.69, 9.17) is 28.3 Å². The van der Waals surface area contributed by atoms with Crippen LogP contribution in [0.25, 0.3) is 10.8 Å². The largest absolute Gasteiger partial charge is 0.481 e. The van der Waals surface area contributed by atoms with Gasteiger partial charge in [-0.3, -0.25) is 29.6 Å². The molecule has 0 aliphatic rings. The summed E-state index contributed by atoms with van der Waals surface area (Å²) < 4.78 is 0. The normalized spacial score (nSPS) is 12.8. The van der Waals surface area contributed by atoms with Gasteiger partial charge in [-0.15, -0.1) is 0 Å². The first-order chi connectivity index (χ1) is 20.4. The van der Waals surface area contributed by atoms with Gasteiger partial charge in [0.2, 0.25) is 17.7 Å². The van der Waals surface area contributed by atoms with Crippen LogP contribution >= 0.6 is 0 Å². The second kappa shape index (κ2) is 15.0. The maximum absolute atomic E-state index is 13.8. The van der Waals surface area contributed by atoms with E-state index >= 15 is 0 Å². The van der Waals surface area contributed by atoms with Gasteiger partial charge >= 0.3 is 5.97 Å². The number of nitrogens with zero attached hydrogens (tertiary/aromatic N) is 1. The summed E-state index contributed by atoms with van der Waals surface area (Å²) in [5.41, 5.74) is 23.5. The molecule has 3 atom stereocenters. The highest BCUT2D eigenvalue weighted by Crippen LogP contribution is 2.26. The zero-order chi connectivity index (χ0) is 31.5. The molecule has 0 aliphatic heterocycles. The van der Waals surface area contributed by atoms with Gasteiger partial charge in [-0.2, -0.15) is 0 Å². The van der Waals surface area contributed by atoms with E-state index in [0.717, 1.165) is 16.3 Å². The Morgan fingerprint density at radius 1 is 0.837 bits per heavy atom. The molecule has 0 saturated heterocycles. The second-order valence-corrected chi connectivity index (χ2v) is 10.0. The minimum absolute atomic E-state index is 0.0941. The highest BCUT2D eigenvalue weighted by Gasteiger charge is 2.31. The first-order valence-corrected chi connectivity index (χ1v) is 13.5. The number of amidine groups is 1. The predicted octanol–water partition coefficient (Wildman–Crippen LogP) is 0.433. The van der Waals surface area contributed by atoms with Crippen LogP contribution in [0, 0.1) is 5.41 Å². The third kappa shape index (κ3) is 9.56. The number of nitrogens with one attached hydrogen (secondary N) is 3. The number of fused-ring (bicyclic) bond motifs is 1. The molecule has 0 heterocycles. The van der Waals surface area contributed by atoms with Crippen LogP contribution in [0.2, 0.25) is 0 Å². The molecule has 226 valence electrons. The van der Waals surface area contributed by atoms with Crippen LogP contribution in [0.3, 0.4) is 0 Å². The number of aliphatic imine (C=N–C) groups is 1. The number of amides is 3. The number of hydrogen-bond donors (Lipinski definition) is 8. The standard InChI is InChI=1S/C30H36N8O5/c31-26(32)19-9-7-17(8-10-19)14-22(21-12-11-18-4-1-2-5-20(18)15-21)28(42)38-24(16-25(39)40)29(43)37-23(27(33)41)6-3-13-36-30(34)35/h1-2,4-5,7-12,15,22-24H,3,6,13-14,16H2,(H3,31,32)(H2,33,41)(H,37,43)(H,38,42)(H,39,40)(H4,34,35,36)/t22-,23+,24+/m1/s1. The molecule has 0 unspecified atom stereocenters. The average Bonchev–Trinajstić information content (AvgIpc) is 2.96. The zero-order valence-corrected chi connectivity index (χ0v) is 23.5. The van der Waals surface area contributed by atoms with Gasteiger partial charge in [0, 0.05) is 12.1 Å². The number of carbonyl (C=O) groups excluding carboxylic acids is 3. The summed E-state index contributed by atoms with van der Waals surface area (Å²) in [4.78, 5) is 54.4. The van der Waals surface area contributed by atoms with Gasteiger partial charge in [0.1, 0.15) is 17.9 Å². The highest BCUT2D eigenvalue weighted by molar-refractivity contribution is 5.96. The number of carboxylic acids is 1. The molecule has 13 nitrogen and oxygen atoms in total. The molecule has 12 N–H and O–H groups in total. The molecule has 0 spiro atoms. The Kier molecular flexibility index (Phi) is 11.2. The number of aliphatic carboxylic acids is 1. The van der Waals surface area contributed by atoms with E-state index < -0.39 is 48.1 Å². The topological polar surface area (TPSA) is 253 Å². The van der Waals surface area contributed by atoms with E-state index in [2.05, 4.69) is 15.6 Å². The average molecular weight is 589 g/mol. The lowest BCUT2D eigenvalue weighted by Crippen LogP contribution is -2.54. The number of hydrogen-bond acceptors (Lipinski definition) is 6. The number of nitrogens with two attached hydrogens (primary N) is 4. The Morgan fingerprint density at radius 2 is 1.49 bits per heavy atom. The number of benzene rings is 3. The highest BCUT2D eigenvalue weighted by atomic mass is 16.4. The zero-order valence-electron chi connectivity index (χ0n) is 23.5. The van der Waals surface area contributed by atoms with Gasteiger partial charge in [0.15, 0.2) is 5.96 Å². The summed E-state index contributed by atoms with van der Waals surface area (Å²) in [7, 11) is 0. The molecule has 3 aromatic rings. The third-order valence-corrected chi connectivity index (χ3v) is 6.81. The minimum Gasteiger partial charge on any atom is -0.481 e. The van der Waals surface area contributed by atoms with Gasteiger partial charge in [-0.25, -0.2) is 0 Å². The van der Waals surface area contributed by atoms with Crippen molar-refractivity contribution in [1.82, 2.24) is 10.6 Å². The van der Waals surface area contributed by atoms with Gasteiger partial charge in [0.05, 0.1) is 12.3 Å². The molecule has 43 heavy (non-hydrogen) atoms. The maximum Gasteiger partial charge on any atom is 0.305 e. The van der Waals surface area contributed by atoms with E-state index in [9.17, 15) is 24.3 Å². The number of primary amides is 1. The molecule has 3 aromatic carbocycles. The van der Waals surface area contributed by atoms with Gasteiger partial charge in [-0.05, 0) is 41.2 Å². The second-order valence-electron chi connectivity index (χ2n) is 10.0. The van der Waals surface area contributed by atoms with Crippen LogP contribution in [0.1, 0.15) is 41.9 Å². The summed E-state index contributed by atoms with van der Waals surface area (Å²) in [6.07, 6.45) is -0.108. The van der Waals surface area contributed by atoms with Crippen molar-refractivity contribution in [3.05, 3.63) is 83.4 Å². The first-order valence-electron chi connectivity index (χ1n) is 13.5. The molecule has 0 radical (unpaired) electrons. The van der Waals surface area contributed by atoms with Crippen LogP contribution in [0.4, 0.5) is 0 Å². The molecule has 0 fully saturated rings. The van der Waals surface area contributed by atoms with Crippen molar-refractivity contribution in [2.45, 2.75) is 43.7 Å². The maximum atomic E-state index is 13.8. The van der Waals surface area contributed by atoms with Crippen LogP contribution in [0.5, 0.6) is 0 Å². The SMILES string of the molecule is N=C(N)c1ccc(C[C@@H](C(=O)N[C@@H](CC(=O)O)C(=O)N[C@@H](CCCN=C(N)N)C(N)=O)c2ccc3ccccc3c2)cc1. The van der Waals surface area contributed by atoms with Crippen LogP contribution in [-0.4, -0.2) is 59.2 Å². The molecule has 0 aromatic heterocycles. The smallest absolute Gasteiger partial charge is 0.305 e. The van der Waals surface area contributed by atoms with Crippen LogP contribution in [-0.2, 0) is 25.6 Å². The lowest BCUT2D eigenvalue weighted by molar-refractivity contribution is -0.141. The van der Waals surface area contributed by atoms with Crippen molar-refractivity contribution in [2.24, 2.45) is 27.9 Å². The van der Waals surface area contributed by atoms with Crippen LogP contribution < -0.4 is 33.6 Å². The van der Waals surface area contributed by atoms with Crippen molar-refractivity contribution in [2.75, 3.05) is 6.54 Å². The fourth-order valence-electron chi connectivity index (χ4n) is 4.56. The van der Waals surface area contributed by atoms with Gasteiger partial charge in [0.25, 0.3) is 0 Å². The monoisotopic (exact) mass is 588 g/mol. The van der Waals surface area contributed by atoms with Crippen molar-refractivity contribution in [1.29, 1.82) is 5.41 Å². The predicted molar refractivity (Wildman–Crippen MR) is 163 cm³/mol. The number of nitrogen functional groups attached to an aromatic ring is 1. The molecule has 3 rings (SSSR count). The molecular weight excluding hydrogens is 552 g/mol. The molecule has 13 heteroatoms. The van der Waals surface area contributed by atoms with Gasteiger partial charge < -0.3 is 38.7 Å². The Hall–Kier alpha value is -5.46. The van der Waals surface area contributed by atoms with Crippen molar-refractivity contribution < 1.29 is 24.3 Å². The summed E-state index contributed by atoms with van der Waals surface area (Å²) in [6.45, 7) is 0.193. The van der Waals surface area contributed by atoms with Gasteiger partial charge in [-0.1, -0.05) is 66.7 Å². The summed E-state index contributed by atoms with van der Waals surface area (Å²) in [5, 5.41) is 24.0. The quantitative estimate of drug-likeness (QED) is 0.0700. The Balaban J connectivity index is 1.87. The Labute approximate surface area is 248 Å². The number of rotatable bonds is 15. The summed E-state index contributed by atoms with van der Waals surface area (Å²) in [6, 6.07) is 17.4. The summed E-state index contributed by atoms with van der Waals surface area (Å²) >= 11 is 0. The minimum atomic E-state index is -1.49. The van der Waals surface area contributed by atoms with E-state index in [1.54, 1.807) is 24.3 Å². The Bertz CT molecular complexity index is 1520. The number of carbonyl (C=O) groups is 4. The molecular formula is C30H36N8O5. The fourth-order valence-corrected chi connectivity index (χ4v) is 4.56.